The Kier molecular flexibility index (Phi) is 4.39. The van der Waals surface area contributed by atoms with Crippen LogP contribution in [-0.2, 0) is 4.79 Å². The van der Waals surface area contributed by atoms with Crippen molar-refractivity contribution in [2.45, 2.75) is 51.5 Å². The molecule has 0 heterocycles. The highest BCUT2D eigenvalue weighted by Crippen LogP contribution is 2.18. The summed E-state index contributed by atoms with van der Waals surface area (Å²) in [4.78, 5) is 11.1. The normalized spacial score (nSPS) is 14.5. The summed E-state index contributed by atoms with van der Waals surface area (Å²) >= 11 is 0. The average molecular weight is 179 g/mol. The summed E-state index contributed by atoms with van der Waals surface area (Å²) in [6, 6.07) is 0.463. The van der Waals surface area contributed by atoms with Gasteiger partial charge in [-0.05, 0) is 19.3 Å². The van der Waals surface area contributed by atoms with Crippen LogP contribution in [0.1, 0.15) is 45.4 Å². The zero-order valence-corrected chi connectivity index (χ0v) is 8.23. The van der Waals surface area contributed by atoms with E-state index in [4.69, 9.17) is 0 Å². The lowest BCUT2D eigenvalue weighted by Crippen LogP contribution is -2.24. The molecule has 72 valence electrons. The molecule has 0 radical (unpaired) electrons. The Morgan fingerprint density at radius 1 is 1.46 bits per heavy atom. The van der Waals surface area contributed by atoms with Crippen molar-refractivity contribution in [3.8, 4) is 11.8 Å². The summed E-state index contributed by atoms with van der Waals surface area (Å²) in [5.74, 6) is 5.98. The van der Waals surface area contributed by atoms with E-state index in [1.165, 1.54) is 6.42 Å². The first-order valence-corrected chi connectivity index (χ1v) is 5.08. The van der Waals surface area contributed by atoms with Crippen molar-refractivity contribution < 1.29 is 4.79 Å². The van der Waals surface area contributed by atoms with Crippen LogP contribution in [0.25, 0.3) is 0 Å². The molecule has 13 heavy (non-hydrogen) atoms. The Labute approximate surface area is 80.1 Å². The molecular formula is C11H17NO. The van der Waals surface area contributed by atoms with Gasteiger partial charge in [0.15, 0.2) is 0 Å². The summed E-state index contributed by atoms with van der Waals surface area (Å²) in [6.45, 7) is 2.14. The molecular weight excluding hydrogens is 162 g/mol. The van der Waals surface area contributed by atoms with E-state index in [2.05, 4.69) is 24.1 Å². The maximum absolute atomic E-state index is 11.1. The molecule has 0 aromatic heterocycles. The molecule has 0 spiro atoms. The molecule has 2 nitrogen and oxygen atoms in total. The van der Waals surface area contributed by atoms with Gasteiger partial charge in [-0.15, -0.1) is 5.92 Å². The molecule has 1 aliphatic rings. The average Bonchev–Trinajstić information content (AvgIpc) is 2.88. The second-order valence-corrected chi connectivity index (χ2v) is 3.48. The summed E-state index contributed by atoms with van der Waals surface area (Å²) in [7, 11) is 0. The fourth-order valence-electron chi connectivity index (χ4n) is 1.00. The van der Waals surface area contributed by atoms with Crippen LogP contribution in [0.5, 0.6) is 0 Å². The van der Waals surface area contributed by atoms with Crippen LogP contribution >= 0.6 is 0 Å². The Morgan fingerprint density at radius 2 is 2.23 bits per heavy atom. The zero-order chi connectivity index (χ0) is 9.52. The standard InChI is InChI=1S/C11H17NO/c1-2-3-4-5-6-7-11(13)12-10-8-9-10/h10H,2-4,7-9H2,1H3,(H,12,13). The molecule has 0 unspecified atom stereocenters. The van der Waals surface area contributed by atoms with Crippen LogP contribution in [0.2, 0.25) is 0 Å². The van der Waals surface area contributed by atoms with E-state index < -0.39 is 0 Å². The van der Waals surface area contributed by atoms with Gasteiger partial charge in [0.1, 0.15) is 0 Å². The minimum absolute atomic E-state index is 0.0894. The number of hydrogen-bond acceptors (Lipinski definition) is 1. The highest BCUT2D eigenvalue weighted by molar-refractivity contribution is 5.79. The number of carbonyl (C=O) groups excluding carboxylic acids is 1. The quantitative estimate of drug-likeness (QED) is 0.518. The van der Waals surface area contributed by atoms with E-state index in [0.717, 1.165) is 25.7 Å². The molecule has 0 bridgehead atoms. The largest absolute Gasteiger partial charge is 0.353 e. The first-order chi connectivity index (χ1) is 6.33. The molecule has 0 saturated heterocycles. The van der Waals surface area contributed by atoms with Gasteiger partial charge >= 0.3 is 0 Å². The van der Waals surface area contributed by atoms with Gasteiger partial charge in [-0.1, -0.05) is 19.3 Å². The van der Waals surface area contributed by atoms with Gasteiger partial charge in [-0.25, -0.2) is 0 Å². The van der Waals surface area contributed by atoms with E-state index in [1.54, 1.807) is 0 Å². The Bertz CT molecular complexity index is 220. The Balaban J connectivity index is 2.01. The third kappa shape index (κ3) is 5.30. The maximum Gasteiger partial charge on any atom is 0.232 e. The predicted molar refractivity (Wildman–Crippen MR) is 53.1 cm³/mol. The van der Waals surface area contributed by atoms with E-state index in [-0.39, 0.29) is 5.91 Å². The first-order valence-electron chi connectivity index (χ1n) is 5.08. The third-order valence-corrected chi connectivity index (χ3v) is 1.97. The molecule has 2 heteroatoms. The minimum Gasteiger partial charge on any atom is -0.353 e. The van der Waals surface area contributed by atoms with Gasteiger partial charge in [-0.3, -0.25) is 4.79 Å². The van der Waals surface area contributed by atoms with Gasteiger partial charge in [0.2, 0.25) is 5.91 Å². The molecule has 0 aliphatic heterocycles. The lowest BCUT2D eigenvalue weighted by Gasteiger charge is -1.96. The van der Waals surface area contributed by atoms with Crippen LogP contribution in [0, 0.1) is 11.8 Å². The van der Waals surface area contributed by atoms with Crippen molar-refractivity contribution in [1.29, 1.82) is 0 Å². The monoisotopic (exact) mass is 179 g/mol. The van der Waals surface area contributed by atoms with Crippen molar-refractivity contribution in [3.05, 3.63) is 0 Å². The van der Waals surface area contributed by atoms with E-state index in [1.807, 2.05) is 0 Å². The predicted octanol–water partition coefficient (Wildman–Crippen LogP) is 1.85. The fraction of sp³-hybridized carbons (Fsp3) is 0.727. The van der Waals surface area contributed by atoms with Crippen LogP contribution in [-0.4, -0.2) is 11.9 Å². The van der Waals surface area contributed by atoms with Crippen LogP contribution < -0.4 is 5.32 Å². The summed E-state index contributed by atoms with van der Waals surface area (Å²) in [5, 5.41) is 2.90. The van der Waals surface area contributed by atoms with Crippen molar-refractivity contribution in [2.75, 3.05) is 0 Å². The van der Waals surface area contributed by atoms with Crippen molar-refractivity contribution in [2.24, 2.45) is 0 Å². The van der Waals surface area contributed by atoms with Crippen LogP contribution in [0.3, 0.4) is 0 Å². The first kappa shape index (κ1) is 10.1. The number of amides is 1. The highest BCUT2D eigenvalue weighted by Gasteiger charge is 2.22. The fourth-order valence-corrected chi connectivity index (χ4v) is 1.00. The van der Waals surface area contributed by atoms with Crippen LogP contribution in [0.4, 0.5) is 0 Å². The summed E-state index contributed by atoms with van der Waals surface area (Å²) < 4.78 is 0. The summed E-state index contributed by atoms with van der Waals surface area (Å²) in [6.07, 6.45) is 5.90. The maximum atomic E-state index is 11.1. The van der Waals surface area contributed by atoms with E-state index >= 15 is 0 Å². The number of hydrogen-bond donors (Lipinski definition) is 1. The van der Waals surface area contributed by atoms with Crippen molar-refractivity contribution in [3.63, 3.8) is 0 Å². The SMILES string of the molecule is CCCCC#CCC(=O)NC1CC1. The zero-order valence-electron chi connectivity index (χ0n) is 8.23. The molecule has 0 aromatic carbocycles. The van der Waals surface area contributed by atoms with E-state index in [9.17, 15) is 4.79 Å². The number of unbranched alkanes of at least 4 members (excludes halogenated alkanes) is 2. The third-order valence-electron chi connectivity index (χ3n) is 1.97. The van der Waals surface area contributed by atoms with Gasteiger partial charge in [-0.2, -0.15) is 0 Å². The minimum atomic E-state index is 0.0894. The molecule has 1 fully saturated rings. The van der Waals surface area contributed by atoms with E-state index in [0.29, 0.717) is 12.5 Å². The topological polar surface area (TPSA) is 29.1 Å². The Morgan fingerprint density at radius 3 is 2.85 bits per heavy atom. The highest BCUT2D eigenvalue weighted by atomic mass is 16.1. The Hall–Kier alpha value is -0.970. The van der Waals surface area contributed by atoms with Gasteiger partial charge in [0.05, 0.1) is 6.42 Å². The van der Waals surface area contributed by atoms with Gasteiger partial charge < -0.3 is 5.32 Å². The number of rotatable bonds is 4. The lowest BCUT2D eigenvalue weighted by molar-refractivity contribution is -0.120. The molecule has 1 aliphatic carbocycles. The van der Waals surface area contributed by atoms with Crippen molar-refractivity contribution in [1.82, 2.24) is 5.32 Å². The molecule has 1 amide bonds. The van der Waals surface area contributed by atoms with Gasteiger partial charge in [0, 0.05) is 12.5 Å². The van der Waals surface area contributed by atoms with Crippen molar-refractivity contribution >= 4 is 5.91 Å². The molecule has 1 saturated carbocycles. The van der Waals surface area contributed by atoms with Crippen LogP contribution in [0.15, 0.2) is 0 Å². The second kappa shape index (κ2) is 5.64. The number of nitrogens with one attached hydrogen (secondary N) is 1. The lowest BCUT2D eigenvalue weighted by atomic mass is 10.2. The smallest absolute Gasteiger partial charge is 0.232 e. The molecule has 0 aromatic rings. The molecule has 0 atom stereocenters. The molecule has 1 rings (SSSR count). The second-order valence-electron chi connectivity index (χ2n) is 3.48. The summed E-state index contributed by atoms with van der Waals surface area (Å²) in [5.41, 5.74) is 0. The van der Waals surface area contributed by atoms with Gasteiger partial charge in [0.25, 0.3) is 0 Å². The molecule has 1 N–H and O–H groups in total. The number of carbonyl (C=O) groups is 1.